The van der Waals surface area contributed by atoms with Crippen molar-refractivity contribution in [3.63, 3.8) is 0 Å². The Morgan fingerprint density at radius 2 is 1.94 bits per heavy atom. The van der Waals surface area contributed by atoms with Crippen LogP contribution < -0.4 is 0 Å². The third-order valence-electron chi connectivity index (χ3n) is 6.69. The fourth-order valence-electron chi connectivity index (χ4n) is 4.85. The predicted molar refractivity (Wildman–Crippen MR) is 124 cm³/mol. The zero-order valence-corrected chi connectivity index (χ0v) is 19.6. The number of ketones is 1. The molecule has 1 fully saturated rings. The topological polar surface area (TPSA) is 66.1 Å². The Hall–Kier alpha value is -2.18. The van der Waals surface area contributed by atoms with Crippen molar-refractivity contribution < 1.29 is 9.59 Å². The fourth-order valence-corrected chi connectivity index (χ4v) is 6.38. The summed E-state index contributed by atoms with van der Waals surface area (Å²) in [6.45, 7) is 7.75. The molecule has 0 radical (unpaired) electrons. The van der Waals surface area contributed by atoms with Gasteiger partial charge in [0.15, 0.2) is 5.78 Å². The predicted octanol–water partition coefficient (Wildman–Crippen LogP) is 5.63. The molecule has 31 heavy (non-hydrogen) atoms. The third kappa shape index (κ3) is 3.50. The van der Waals surface area contributed by atoms with Crippen LogP contribution in [-0.2, 0) is 11.8 Å². The Bertz CT molecular complexity index is 1200. The van der Waals surface area contributed by atoms with Gasteiger partial charge in [0.1, 0.15) is 5.69 Å². The molecular formula is C24H26ClN3O2S. The lowest BCUT2D eigenvalue weighted by molar-refractivity contribution is 0.0523. The maximum atomic E-state index is 13.3. The van der Waals surface area contributed by atoms with Gasteiger partial charge in [-0.1, -0.05) is 32.4 Å². The van der Waals surface area contributed by atoms with E-state index >= 15 is 0 Å². The van der Waals surface area contributed by atoms with Crippen LogP contribution in [0.3, 0.4) is 0 Å². The maximum Gasteiger partial charge on any atom is 0.254 e. The summed E-state index contributed by atoms with van der Waals surface area (Å²) in [5, 5.41) is 2.51. The van der Waals surface area contributed by atoms with Crippen LogP contribution in [0.2, 0.25) is 5.02 Å². The number of hydrogen-bond acceptors (Lipinski definition) is 4. The van der Waals surface area contributed by atoms with Gasteiger partial charge in [0.2, 0.25) is 0 Å². The third-order valence-corrected chi connectivity index (χ3v) is 8.48. The van der Waals surface area contributed by atoms with Crippen molar-refractivity contribution in [2.24, 2.45) is 5.41 Å². The number of benzene rings is 1. The molecule has 5 nitrogen and oxygen atoms in total. The molecule has 5 rings (SSSR count). The van der Waals surface area contributed by atoms with Crippen molar-refractivity contribution in [1.29, 1.82) is 0 Å². The van der Waals surface area contributed by atoms with E-state index in [1.807, 2.05) is 23.2 Å². The van der Waals surface area contributed by atoms with Crippen molar-refractivity contribution in [3.8, 4) is 0 Å². The molecular weight excluding hydrogens is 430 g/mol. The first-order chi connectivity index (χ1) is 14.7. The summed E-state index contributed by atoms with van der Waals surface area (Å²) in [5.74, 6) is 0.200. The maximum absolute atomic E-state index is 13.3. The molecule has 1 aliphatic carbocycles. The molecule has 1 amide bonds. The van der Waals surface area contributed by atoms with Crippen LogP contribution >= 0.6 is 22.9 Å². The summed E-state index contributed by atoms with van der Waals surface area (Å²) >= 11 is 7.94. The number of hydrogen-bond donors (Lipinski definition) is 1. The molecule has 1 spiro atoms. The van der Waals surface area contributed by atoms with Crippen molar-refractivity contribution in [2.75, 3.05) is 13.1 Å². The second kappa shape index (κ2) is 7.17. The van der Waals surface area contributed by atoms with Gasteiger partial charge in [-0.2, -0.15) is 0 Å². The van der Waals surface area contributed by atoms with E-state index in [2.05, 4.69) is 30.7 Å². The molecule has 3 heterocycles. The highest BCUT2D eigenvalue weighted by molar-refractivity contribution is 7.12. The summed E-state index contributed by atoms with van der Waals surface area (Å²) in [5.41, 5.74) is 2.07. The zero-order valence-electron chi connectivity index (χ0n) is 18.0. The van der Waals surface area contributed by atoms with E-state index in [4.69, 9.17) is 11.6 Å². The number of thiazole rings is 1. The molecule has 2 aromatic heterocycles. The van der Waals surface area contributed by atoms with Gasteiger partial charge in [0, 0.05) is 46.9 Å². The monoisotopic (exact) mass is 455 g/mol. The summed E-state index contributed by atoms with van der Waals surface area (Å²) in [7, 11) is 0. The number of carbonyl (C=O) groups is 2. The number of nitrogens with one attached hydrogen (secondary N) is 1. The van der Waals surface area contributed by atoms with Crippen LogP contribution in [0.4, 0.5) is 0 Å². The van der Waals surface area contributed by atoms with Crippen LogP contribution in [0.25, 0.3) is 10.9 Å². The van der Waals surface area contributed by atoms with E-state index in [1.54, 1.807) is 17.4 Å². The Morgan fingerprint density at radius 3 is 2.65 bits per heavy atom. The van der Waals surface area contributed by atoms with E-state index in [9.17, 15) is 9.59 Å². The molecule has 0 unspecified atom stereocenters. The van der Waals surface area contributed by atoms with Gasteiger partial charge in [-0.25, -0.2) is 4.98 Å². The van der Waals surface area contributed by atoms with Crippen molar-refractivity contribution >= 4 is 45.5 Å². The number of likely N-dealkylation sites (tertiary alicyclic amines) is 1. The van der Waals surface area contributed by atoms with E-state index in [0.717, 1.165) is 40.1 Å². The highest BCUT2D eigenvalue weighted by atomic mass is 35.5. The van der Waals surface area contributed by atoms with E-state index in [1.165, 1.54) is 0 Å². The van der Waals surface area contributed by atoms with Crippen LogP contribution in [-0.4, -0.2) is 39.6 Å². The van der Waals surface area contributed by atoms with Gasteiger partial charge in [-0.3, -0.25) is 9.59 Å². The minimum absolute atomic E-state index is 0.0340. The summed E-state index contributed by atoms with van der Waals surface area (Å²) in [4.78, 5) is 37.1. The standard InChI is InChI=1S/C24H26ClN3O2S/c1-23(2,3)22-27-20-17(29)12-24(13-18(20)31-22)7-10-28(11-8-24)21(30)15-4-5-16(25)19-14(15)6-9-26-19/h4-6,9,26H,7-8,10-13H2,1-3H3. The molecule has 1 aliphatic heterocycles. The zero-order chi connectivity index (χ0) is 22.0. The molecule has 1 saturated heterocycles. The number of fused-ring (bicyclic) bond motifs is 2. The normalized spacial score (nSPS) is 18.6. The van der Waals surface area contributed by atoms with Gasteiger partial charge in [-0.15, -0.1) is 11.3 Å². The first-order valence-electron chi connectivity index (χ1n) is 10.8. The quantitative estimate of drug-likeness (QED) is 0.517. The number of rotatable bonds is 1. The van der Waals surface area contributed by atoms with Crippen molar-refractivity contribution in [2.45, 2.75) is 51.9 Å². The SMILES string of the molecule is CC(C)(C)c1nc2c(s1)CC1(CCN(C(=O)c3ccc(Cl)c4[nH]ccc34)CC1)CC2=O. The number of aromatic nitrogens is 2. The number of halogens is 1. The van der Waals surface area contributed by atoms with Gasteiger partial charge < -0.3 is 9.88 Å². The van der Waals surface area contributed by atoms with Crippen LogP contribution in [0, 0.1) is 5.41 Å². The molecule has 2 aliphatic rings. The number of carbonyl (C=O) groups excluding carboxylic acids is 2. The number of aromatic amines is 1. The molecule has 7 heteroatoms. The molecule has 3 aromatic rings. The first-order valence-corrected chi connectivity index (χ1v) is 11.9. The number of Topliss-reactive ketones (excluding diaryl/α,β-unsaturated/α-hetero) is 1. The van der Waals surface area contributed by atoms with E-state index in [-0.39, 0.29) is 22.5 Å². The van der Waals surface area contributed by atoms with E-state index < -0.39 is 0 Å². The first kappa shape index (κ1) is 20.7. The lowest BCUT2D eigenvalue weighted by Crippen LogP contribution is -2.46. The number of H-pyrrole nitrogens is 1. The Morgan fingerprint density at radius 1 is 1.19 bits per heavy atom. The lowest BCUT2D eigenvalue weighted by atomic mass is 9.68. The van der Waals surface area contributed by atoms with Gasteiger partial charge >= 0.3 is 0 Å². The minimum atomic E-state index is -0.0497. The molecule has 1 N–H and O–H groups in total. The molecule has 1 aromatic carbocycles. The molecule has 0 bridgehead atoms. The highest BCUT2D eigenvalue weighted by Crippen LogP contribution is 2.46. The molecule has 0 saturated carbocycles. The number of piperidine rings is 1. The van der Waals surface area contributed by atoms with Crippen LogP contribution in [0.5, 0.6) is 0 Å². The molecule has 162 valence electrons. The summed E-state index contributed by atoms with van der Waals surface area (Å²) < 4.78 is 0. The Balaban J connectivity index is 1.35. The molecule has 0 atom stereocenters. The second-order valence-corrected chi connectivity index (χ2v) is 11.5. The average Bonchev–Trinajstić information content (AvgIpc) is 3.36. The van der Waals surface area contributed by atoms with Gasteiger partial charge in [-0.05, 0) is 42.9 Å². The summed E-state index contributed by atoms with van der Waals surface area (Å²) in [6, 6.07) is 5.49. The van der Waals surface area contributed by atoms with Crippen LogP contribution in [0.1, 0.15) is 70.8 Å². The number of amides is 1. The summed E-state index contributed by atoms with van der Waals surface area (Å²) in [6.07, 6.45) is 4.93. The van der Waals surface area contributed by atoms with Crippen molar-refractivity contribution in [1.82, 2.24) is 14.9 Å². The lowest BCUT2D eigenvalue weighted by Gasteiger charge is -2.43. The smallest absolute Gasteiger partial charge is 0.254 e. The fraction of sp³-hybridized carbons (Fsp3) is 0.458. The van der Waals surface area contributed by atoms with Crippen LogP contribution in [0.15, 0.2) is 24.4 Å². The van der Waals surface area contributed by atoms with E-state index in [0.29, 0.717) is 35.8 Å². The largest absolute Gasteiger partial charge is 0.360 e. The Labute approximate surface area is 190 Å². The second-order valence-electron chi connectivity index (χ2n) is 9.97. The Kier molecular flexibility index (Phi) is 4.79. The van der Waals surface area contributed by atoms with Gasteiger partial charge in [0.05, 0.1) is 15.5 Å². The number of nitrogens with zero attached hydrogens (tertiary/aromatic N) is 2. The highest BCUT2D eigenvalue weighted by Gasteiger charge is 2.44. The van der Waals surface area contributed by atoms with Gasteiger partial charge in [0.25, 0.3) is 5.91 Å². The minimum Gasteiger partial charge on any atom is -0.360 e. The average molecular weight is 456 g/mol. The van der Waals surface area contributed by atoms with Crippen molar-refractivity contribution in [3.05, 3.63) is 50.6 Å².